The number of hydrogen-bond donors (Lipinski definition) is 2. The third-order valence-corrected chi connectivity index (χ3v) is 7.50. The molecule has 0 aliphatic heterocycles. The lowest BCUT2D eigenvalue weighted by atomic mass is 10.1. The highest BCUT2D eigenvalue weighted by Crippen LogP contribution is 2.39. The molecule has 0 radical (unpaired) electrons. The molecule has 0 saturated carbocycles. The summed E-state index contributed by atoms with van der Waals surface area (Å²) in [6.45, 7) is 0.536. The van der Waals surface area contributed by atoms with E-state index in [1.165, 1.54) is 10.9 Å². The first kappa shape index (κ1) is 21.4. The van der Waals surface area contributed by atoms with E-state index in [9.17, 15) is 4.79 Å². The van der Waals surface area contributed by atoms with Crippen molar-refractivity contribution in [3.8, 4) is 21.0 Å². The average molecular weight is 477 g/mol. The number of amides is 1. The second-order valence-corrected chi connectivity index (χ2v) is 9.60. The zero-order valence-corrected chi connectivity index (χ0v) is 20.1. The highest BCUT2D eigenvalue weighted by molar-refractivity contribution is 7.18. The molecular formula is C29H24N4OS. The molecule has 0 fully saturated rings. The highest BCUT2D eigenvalue weighted by Gasteiger charge is 2.23. The Kier molecular flexibility index (Phi) is 5.43. The van der Waals surface area contributed by atoms with E-state index < -0.39 is 0 Å². The van der Waals surface area contributed by atoms with E-state index >= 15 is 0 Å². The number of thiazole rings is 1. The fourth-order valence-electron chi connectivity index (χ4n) is 4.62. The molecule has 3 aromatic carbocycles. The van der Waals surface area contributed by atoms with Gasteiger partial charge in [-0.25, -0.2) is 4.98 Å². The van der Waals surface area contributed by atoms with Crippen LogP contribution in [-0.2, 0) is 13.5 Å². The van der Waals surface area contributed by atoms with Crippen LogP contribution in [0.15, 0.2) is 91.3 Å². The summed E-state index contributed by atoms with van der Waals surface area (Å²) in [5.41, 5.74) is 5.95. The topological polar surface area (TPSA) is 62.7 Å². The maximum absolute atomic E-state index is 13.4. The zero-order chi connectivity index (χ0) is 23.8. The molecule has 0 aliphatic rings. The van der Waals surface area contributed by atoms with Gasteiger partial charge in [-0.3, -0.25) is 4.79 Å². The van der Waals surface area contributed by atoms with Gasteiger partial charge in [0.05, 0.1) is 4.88 Å². The first-order valence-corrected chi connectivity index (χ1v) is 12.4. The van der Waals surface area contributed by atoms with Gasteiger partial charge >= 0.3 is 0 Å². The summed E-state index contributed by atoms with van der Waals surface area (Å²) in [4.78, 5) is 22.5. The second-order valence-electron chi connectivity index (χ2n) is 8.60. The number of carbonyl (C=O) groups is 1. The predicted molar refractivity (Wildman–Crippen MR) is 144 cm³/mol. The molecule has 1 amide bonds. The summed E-state index contributed by atoms with van der Waals surface area (Å²) < 4.78 is 2.10. The maximum atomic E-state index is 13.4. The van der Waals surface area contributed by atoms with Gasteiger partial charge in [-0.15, -0.1) is 11.3 Å². The third kappa shape index (κ3) is 3.92. The fraction of sp³-hybridized carbons (Fsp3) is 0.103. The fourth-order valence-corrected chi connectivity index (χ4v) is 5.71. The van der Waals surface area contributed by atoms with Crippen LogP contribution in [0.25, 0.3) is 42.8 Å². The first-order valence-electron chi connectivity index (χ1n) is 11.6. The number of H-pyrrole nitrogens is 1. The zero-order valence-electron chi connectivity index (χ0n) is 19.3. The minimum atomic E-state index is -0.147. The van der Waals surface area contributed by atoms with Gasteiger partial charge in [-0.05, 0) is 24.1 Å². The molecule has 2 N–H and O–H groups in total. The smallest absolute Gasteiger partial charge is 0.271 e. The number of aromatic amines is 1. The van der Waals surface area contributed by atoms with E-state index in [0.29, 0.717) is 12.2 Å². The van der Waals surface area contributed by atoms with Gasteiger partial charge < -0.3 is 14.9 Å². The molecule has 6 heteroatoms. The first-order chi connectivity index (χ1) is 17.2. The summed E-state index contributed by atoms with van der Waals surface area (Å²) in [6, 6.07) is 26.5. The normalized spacial score (nSPS) is 11.3. The summed E-state index contributed by atoms with van der Waals surface area (Å²) in [5, 5.41) is 6.27. The Bertz CT molecular complexity index is 1660. The summed E-state index contributed by atoms with van der Waals surface area (Å²) in [7, 11) is 2.03. The molecule has 0 atom stereocenters. The molecule has 6 aromatic rings. The minimum absolute atomic E-state index is 0.147. The summed E-state index contributed by atoms with van der Waals surface area (Å²) in [6.07, 6.45) is 4.86. The minimum Gasteiger partial charge on any atom is -0.361 e. The summed E-state index contributed by atoms with van der Waals surface area (Å²) >= 11 is 1.57. The molecule has 5 nitrogen and oxygen atoms in total. The van der Waals surface area contributed by atoms with Crippen molar-refractivity contribution in [2.45, 2.75) is 6.42 Å². The van der Waals surface area contributed by atoms with Gasteiger partial charge in [0, 0.05) is 58.9 Å². The largest absolute Gasteiger partial charge is 0.361 e. The van der Waals surface area contributed by atoms with Crippen molar-refractivity contribution >= 4 is 39.0 Å². The molecule has 0 aliphatic carbocycles. The van der Waals surface area contributed by atoms with Crippen LogP contribution < -0.4 is 5.32 Å². The Morgan fingerprint density at radius 3 is 2.57 bits per heavy atom. The number of carbonyl (C=O) groups excluding carboxylic acids is 1. The van der Waals surface area contributed by atoms with Crippen LogP contribution in [0.5, 0.6) is 0 Å². The Balaban J connectivity index is 1.34. The van der Waals surface area contributed by atoms with Crippen molar-refractivity contribution in [1.29, 1.82) is 0 Å². The number of rotatable bonds is 6. The molecule has 35 heavy (non-hydrogen) atoms. The molecule has 0 bridgehead atoms. The van der Waals surface area contributed by atoms with Gasteiger partial charge in [0.25, 0.3) is 5.91 Å². The maximum Gasteiger partial charge on any atom is 0.271 e. The molecule has 0 spiro atoms. The van der Waals surface area contributed by atoms with Crippen molar-refractivity contribution in [2.24, 2.45) is 7.05 Å². The van der Waals surface area contributed by atoms with Crippen LogP contribution in [0.1, 0.15) is 16.1 Å². The van der Waals surface area contributed by atoms with Gasteiger partial charge in [0.2, 0.25) is 0 Å². The number of nitrogens with zero attached hydrogens (tertiary/aromatic N) is 2. The van der Waals surface area contributed by atoms with Crippen molar-refractivity contribution < 1.29 is 4.79 Å². The lowest BCUT2D eigenvalue weighted by Gasteiger charge is -2.05. The van der Waals surface area contributed by atoms with E-state index in [4.69, 9.17) is 4.98 Å². The van der Waals surface area contributed by atoms with Gasteiger partial charge in [0.1, 0.15) is 10.7 Å². The summed E-state index contributed by atoms with van der Waals surface area (Å²) in [5.74, 6) is -0.147. The molecular weight excluding hydrogens is 452 g/mol. The second kappa shape index (κ2) is 8.89. The molecule has 3 heterocycles. The van der Waals surface area contributed by atoms with Crippen LogP contribution in [0.2, 0.25) is 0 Å². The number of benzene rings is 3. The van der Waals surface area contributed by atoms with E-state index in [0.717, 1.165) is 43.9 Å². The lowest BCUT2D eigenvalue weighted by Crippen LogP contribution is -2.26. The van der Waals surface area contributed by atoms with Crippen LogP contribution in [0.4, 0.5) is 0 Å². The van der Waals surface area contributed by atoms with Crippen LogP contribution in [0, 0.1) is 0 Å². The number of aryl methyl sites for hydroxylation is 1. The Hall–Kier alpha value is -4.16. The molecule has 172 valence electrons. The van der Waals surface area contributed by atoms with E-state index in [1.807, 2.05) is 67.8 Å². The van der Waals surface area contributed by atoms with Crippen LogP contribution in [-0.4, -0.2) is 27.0 Å². The van der Waals surface area contributed by atoms with Crippen molar-refractivity contribution in [3.05, 3.63) is 103 Å². The lowest BCUT2D eigenvalue weighted by molar-refractivity contribution is 0.0950. The number of para-hydroxylation sites is 2. The molecule has 0 unspecified atom stereocenters. The molecule has 6 rings (SSSR count). The Labute approximate surface area is 207 Å². The Morgan fingerprint density at radius 1 is 0.971 bits per heavy atom. The van der Waals surface area contributed by atoms with Crippen molar-refractivity contribution in [3.63, 3.8) is 0 Å². The monoisotopic (exact) mass is 476 g/mol. The SMILES string of the molecule is Cn1cc(-c2sc(-c3ccccc3)nc2C(=O)NCCc2c[nH]c3ccccc23)c2ccccc21. The number of hydrogen-bond acceptors (Lipinski definition) is 3. The molecule has 3 aromatic heterocycles. The number of nitrogens with one attached hydrogen (secondary N) is 2. The van der Waals surface area contributed by atoms with Crippen molar-refractivity contribution in [1.82, 2.24) is 19.9 Å². The number of aromatic nitrogens is 3. The third-order valence-electron chi connectivity index (χ3n) is 6.36. The van der Waals surface area contributed by atoms with Crippen LogP contribution >= 0.6 is 11.3 Å². The predicted octanol–water partition coefficient (Wildman–Crippen LogP) is 6.42. The van der Waals surface area contributed by atoms with E-state index in [1.54, 1.807) is 11.3 Å². The quantitative estimate of drug-likeness (QED) is 0.291. The number of fused-ring (bicyclic) bond motifs is 2. The highest BCUT2D eigenvalue weighted by atomic mass is 32.1. The standard InChI is InChI=1S/C29H24N4OS/c1-33-18-23(22-12-6-8-14-25(22)33)27-26(32-29(35-27)19-9-3-2-4-10-19)28(34)30-16-15-20-17-31-24-13-7-5-11-21(20)24/h2-14,17-18,31H,15-16H2,1H3,(H,30,34). The Morgan fingerprint density at radius 2 is 1.71 bits per heavy atom. The van der Waals surface area contributed by atoms with Crippen LogP contribution in [0.3, 0.4) is 0 Å². The average Bonchev–Trinajstić information content (AvgIpc) is 3.61. The van der Waals surface area contributed by atoms with Gasteiger partial charge in [-0.2, -0.15) is 0 Å². The van der Waals surface area contributed by atoms with E-state index in [-0.39, 0.29) is 5.91 Å². The van der Waals surface area contributed by atoms with Gasteiger partial charge in [0.15, 0.2) is 0 Å². The van der Waals surface area contributed by atoms with Gasteiger partial charge in [-0.1, -0.05) is 66.7 Å². The van der Waals surface area contributed by atoms with E-state index in [2.05, 4.69) is 45.3 Å². The molecule has 0 saturated heterocycles. The van der Waals surface area contributed by atoms with Crippen molar-refractivity contribution in [2.75, 3.05) is 6.54 Å².